The van der Waals surface area contributed by atoms with E-state index in [1.165, 1.54) is 37.7 Å². The Bertz CT molecular complexity index is 979. The predicted octanol–water partition coefficient (Wildman–Crippen LogP) is 6.89. The zero-order chi connectivity index (χ0) is 24.8. The van der Waals surface area contributed by atoms with E-state index in [4.69, 9.17) is 27.2 Å². The summed E-state index contributed by atoms with van der Waals surface area (Å²) in [5.41, 5.74) is 9.56. The third-order valence-electron chi connectivity index (χ3n) is 6.03. The molecule has 1 saturated carbocycles. The summed E-state index contributed by atoms with van der Waals surface area (Å²) in [4.78, 5) is 20.3. The third-order valence-corrected chi connectivity index (χ3v) is 6.35. The molecule has 8 heteroatoms. The maximum atomic E-state index is 11.4. The number of hydrogen-bond donors (Lipinski definition) is 2. The van der Waals surface area contributed by atoms with Crippen LogP contribution in [0, 0.1) is 11.3 Å². The number of hydrogen-bond acceptors (Lipinski definition) is 2. The lowest BCUT2D eigenvalue weighted by atomic mass is 9.72. The zero-order valence-corrected chi connectivity index (χ0v) is 19.5. The second-order valence-corrected chi connectivity index (χ2v) is 9.62. The smallest absolute Gasteiger partial charge is 0.475 e. The topological polar surface area (TPSA) is 80.4 Å². The second kappa shape index (κ2) is 11.1. The van der Waals surface area contributed by atoms with Crippen LogP contribution in [0.2, 0.25) is 5.02 Å². The van der Waals surface area contributed by atoms with E-state index in [-0.39, 0.29) is 0 Å². The molecule has 0 spiro atoms. The van der Waals surface area contributed by atoms with E-state index >= 15 is 0 Å². The minimum Gasteiger partial charge on any atom is -0.475 e. The summed E-state index contributed by atoms with van der Waals surface area (Å²) in [6, 6.07) is 13.6. The molecule has 0 heterocycles. The SMILES string of the molecule is CC1(C)CCC(CCc2ccc(-c3cccc(C(N)=O)c3)c(Cl)c2)CC1.O=C(O)C(F)(F)F. The van der Waals surface area contributed by atoms with Crippen molar-refractivity contribution in [3.05, 3.63) is 58.6 Å². The molecule has 0 radical (unpaired) electrons. The van der Waals surface area contributed by atoms with Crippen molar-refractivity contribution < 1.29 is 27.9 Å². The molecule has 1 amide bonds. The number of aliphatic carboxylic acids is 1. The molecule has 1 aliphatic carbocycles. The van der Waals surface area contributed by atoms with Crippen molar-refractivity contribution in [2.45, 2.75) is 58.5 Å². The molecule has 0 atom stereocenters. The first-order valence-corrected chi connectivity index (χ1v) is 11.1. The van der Waals surface area contributed by atoms with E-state index in [1.807, 2.05) is 12.1 Å². The summed E-state index contributed by atoms with van der Waals surface area (Å²) < 4.78 is 31.7. The highest BCUT2D eigenvalue weighted by molar-refractivity contribution is 6.33. The normalized spacial score (nSPS) is 15.9. The van der Waals surface area contributed by atoms with E-state index in [0.717, 1.165) is 28.5 Å². The molecule has 0 aromatic heterocycles. The summed E-state index contributed by atoms with van der Waals surface area (Å²) >= 11 is 6.54. The first-order chi connectivity index (χ1) is 15.3. The van der Waals surface area contributed by atoms with Crippen LogP contribution in [0.25, 0.3) is 11.1 Å². The first-order valence-electron chi connectivity index (χ1n) is 10.8. The lowest BCUT2D eigenvalue weighted by molar-refractivity contribution is -0.192. The number of nitrogens with two attached hydrogens (primary N) is 1. The fourth-order valence-electron chi connectivity index (χ4n) is 3.91. The van der Waals surface area contributed by atoms with E-state index in [0.29, 0.717) is 11.0 Å². The zero-order valence-electron chi connectivity index (χ0n) is 18.7. The van der Waals surface area contributed by atoms with Crippen LogP contribution in [0.1, 0.15) is 61.9 Å². The second-order valence-electron chi connectivity index (χ2n) is 9.21. The first kappa shape index (κ1) is 26.7. The fourth-order valence-corrected chi connectivity index (χ4v) is 4.22. The summed E-state index contributed by atoms with van der Waals surface area (Å²) in [6.45, 7) is 4.77. The Morgan fingerprint density at radius 3 is 2.24 bits per heavy atom. The van der Waals surface area contributed by atoms with Gasteiger partial charge in [0.1, 0.15) is 0 Å². The molecule has 2 aromatic carbocycles. The minimum absolute atomic E-state index is 0.421. The molecule has 0 aliphatic heterocycles. The van der Waals surface area contributed by atoms with Crippen molar-refractivity contribution in [1.82, 2.24) is 0 Å². The summed E-state index contributed by atoms with van der Waals surface area (Å²) in [7, 11) is 0. The van der Waals surface area contributed by atoms with Crippen molar-refractivity contribution in [3.8, 4) is 11.1 Å². The maximum absolute atomic E-state index is 11.4. The number of rotatable bonds is 5. The monoisotopic (exact) mass is 483 g/mol. The summed E-state index contributed by atoms with van der Waals surface area (Å²) in [5.74, 6) is -2.34. The Morgan fingerprint density at radius 1 is 1.12 bits per heavy atom. The molecule has 3 N–H and O–H groups in total. The van der Waals surface area contributed by atoms with Crippen molar-refractivity contribution in [1.29, 1.82) is 0 Å². The number of benzene rings is 2. The number of primary amides is 1. The quantitative estimate of drug-likeness (QED) is 0.486. The Labute approximate surface area is 196 Å². The van der Waals surface area contributed by atoms with E-state index in [2.05, 4.69) is 32.0 Å². The Morgan fingerprint density at radius 2 is 1.73 bits per heavy atom. The van der Waals surface area contributed by atoms with Crippen LogP contribution in [0.5, 0.6) is 0 Å². The van der Waals surface area contributed by atoms with Crippen molar-refractivity contribution in [2.24, 2.45) is 17.1 Å². The Hall–Kier alpha value is -2.54. The number of carboxylic acids is 1. The molecule has 180 valence electrons. The summed E-state index contributed by atoms with van der Waals surface area (Å²) in [6.07, 6.45) is 2.61. The molecule has 1 aliphatic rings. The molecule has 0 bridgehead atoms. The van der Waals surface area contributed by atoms with Crippen LogP contribution >= 0.6 is 11.6 Å². The highest BCUT2D eigenvalue weighted by Crippen LogP contribution is 2.39. The lowest BCUT2D eigenvalue weighted by Crippen LogP contribution is -2.21. The number of amides is 1. The van der Waals surface area contributed by atoms with Crippen LogP contribution in [0.3, 0.4) is 0 Å². The van der Waals surface area contributed by atoms with Gasteiger partial charge in [-0.1, -0.05) is 49.7 Å². The number of alkyl halides is 3. The molecule has 2 aromatic rings. The van der Waals surface area contributed by atoms with Gasteiger partial charge >= 0.3 is 12.1 Å². The standard InChI is InChI=1S/C23H28ClNO.C2HF3O2/c1-23(2)12-10-16(11-13-23)6-7-17-8-9-20(21(24)14-17)18-4-3-5-19(15-18)22(25)26;3-2(4,5)1(6)7/h3-5,8-9,14-16H,6-7,10-13H2,1-2H3,(H2,25,26);(H,6,7). The van der Waals surface area contributed by atoms with Crippen LogP contribution in [0.4, 0.5) is 13.2 Å². The number of carbonyl (C=O) groups is 2. The van der Waals surface area contributed by atoms with Crippen molar-refractivity contribution >= 4 is 23.5 Å². The predicted molar refractivity (Wildman–Crippen MR) is 123 cm³/mol. The Kier molecular flexibility index (Phi) is 8.95. The van der Waals surface area contributed by atoms with Crippen LogP contribution < -0.4 is 5.73 Å². The molecular formula is C25H29ClF3NO3. The van der Waals surface area contributed by atoms with Gasteiger partial charge in [0, 0.05) is 16.1 Å². The van der Waals surface area contributed by atoms with Crippen LogP contribution in [-0.2, 0) is 11.2 Å². The van der Waals surface area contributed by atoms with E-state index in [1.54, 1.807) is 12.1 Å². The number of carbonyl (C=O) groups excluding carboxylic acids is 1. The number of carboxylic acid groups (broad SMARTS) is 1. The van der Waals surface area contributed by atoms with Gasteiger partial charge in [-0.3, -0.25) is 4.79 Å². The molecule has 4 nitrogen and oxygen atoms in total. The van der Waals surface area contributed by atoms with Gasteiger partial charge in [0.2, 0.25) is 5.91 Å². The molecule has 33 heavy (non-hydrogen) atoms. The van der Waals surface area contributed by atoms with E-state index in [9.17, 15) is 18.0 Å². The maximum Gasteiger partial charge on any atom is 0.490 e. The number of halogens is 4. The molecule has 0 saturated heterocycles. The highest BCUT2D eigenvalue weighted by atomic mass is 35.5. The average molecular weight is 484 g/mol. The molecular weight excluding hydrogens is 455 g/mol. The summed E-state index contributed by atoms with van der Waals surface area (Å²) in [5, 5.41) is 7.86. The Balaban J connectivity index is 0.000000479. The van der Waals surface area contributed by atoms with E-state index < -0.39 is 18.1 Å². The third kappa shape index (κ3) is 8.39. The van der Waals surface area contributed by atoms with Crippen molar-refractivity contribution in [2.75, 3.05) is 0 Å². The van der Waals surface area contributed by atoms with Gasteiger partial charge in [0.25, 0.3) is 0 Å². The molecule has 1 fully saturated rings. The minimum atomic E-state index is -5.08. The highest BCUT2D eigenvalue weighted by Gasteiger charge is 2.38. The van der Waals surface area contributed by atoms with Crippen molar-refractivity contribution in [3.63, 3.8) is 0 Å². The van der Waals surface area contributed by atoms with Gasteiger partial charge in [-0.25, -0.2) is 4.79 Å². The fraction of sp³-hybridized carbons (Fsp3) is 0.440. The molecule has 0 unspecified atom stereocenters. The van der Waals surface area contributed by atoms with Crippen LogP contribution in [-0.4, -0.2) is 23.2 Å². The van der Waals surface area contributed by atoms with Gasteiger partial charge < -0.3 is 10.8 Å². The number of aryl methyl sites for hydroxylation is 1. The average Bonchev–Trinajstić information content (AvgIpc) is 2.73. The molecule has 3 rings (SSSR count). The van der Waals surface area contributed by atoms with Gasteiger partial charge in [-0.2, -0.15) is 13.2 Å². The van der Waals surface area contributed by atoms with Gasteiger partial charge in [-0.15, -0.1) is 0 Å². The largest absolute Gasteiger partial charge is 0.490 e. The lowest BCUT2D eigenvalue weighted by Gasteiger charge is -2.34. The van der Waals surface area contributed by atoms with Gasteiger partial charge in [-0.05, 0) is 79.2 Å². The van der Waals surface area contributed by atoms with Crippen LogP contribution in [0.15, 0.2) is 42.5 Å². The van der Waals surface area contributed by atoms with Gasteiger partial charge in [0.05, 0.1) is 0 Å². The van der Waals surface area contributed by atoms with Gasteiger partial charge in [0.15, 0.2) is 0 Å².